The van der Waals surface area contributed by atoms with Crippen LogP contribution in [0.4, 0.5) is 5.82 Å². The number of ether oxygens (including phenoxy) is 3. The van der Waals surface area contributed by atoms with Gasteiger partial charge in [0.2, 0.25) is 0 Å². The van der Waals surface area contributed by atoms with Crippen molar-refractivity contribution in [2.45, 2.75) is 102 Å². The number of likely N-dealkylation sites (N-methyl/N-ethyl adjacent to an activating group) is 1. The molecule has 292 valence electrons. The van der Waals surface area contributed by atoms with Gasteiger partial charge >= 0.3 is 0 Å². The van der Waals surface area contributed by atoms with E-state index >= 15 is 0 Å². The van der Waals surface area contributed by atoms with E-state index in [9.17, 15) is 9.59 Å². The van der Waals surface area contributed by atoms with Crippen molar-refractivity contribution in [3.8, 4) is 22.6 Å². The minimum absolute atomic E-state index is 0.0984. The molecular weight excluding hydrogens is 711 g/mol. The Hall–Kier alpha value is -4.32. The lowest BCUT2D eigenvalue weighted by molar-refractivity contribution is -0.123. The molecule has 2 N–H and O–H groups in total. The number of carbonyl (C=O) groups excluding carboxylic acids is 1. The van der Waals surface area contributed by atoms with Crippen LogP contribution < -0.4 is 25.2 Å². The lowest BCUT2D eigenvalue weighted by atomic mass is 9.80. The number of benzene rings is 2. The van der Waals surface area contributed by atoms with Crippen molar-refractivity contribution in [3.05, 3.63) is 99.1 Å². The summed E-state index contributed by atoms with van der Waals surface area (Å²) >= 11 is 1.49. The number of aryl methyl sites for hydroxylation is 1. The number of fused-ring (bicyclic) bond motifs is 1. The third-order valence-electron chi connectivity index (χ3n) is 11.7. The summed E-state index contributed by atoms with van der Waals surface area (Å²) in [6, 6.07) is 19.1. The highest BCUT2D eigenvalue weighted by Crippen LogP contribution is 2.53. The Bertz CT molecular complexity index is 2040. The van der Waals surface area contributed by atoms with Gasteiger partial charge in [-0.25, -0.2) is 4.98 Å². The Morgan fingerprint density at radius 2 is 1.73 bits per heavy atom. The molecule has 7 rings (SSSR count). The molecule has 2 aliphatic heterocycles. The van der Waals surface area contributed by atoms with Crippen molar-refractivity contribution in [3.63, 3.8) is 0 Å². The molecule has 10 nitrogen and oxygen atoms in total. The second-order valence-corrected chi connectivity index (χ2v) is 16.6. The van der Waals surface area contributed by atoms with Gasteiger partial charge in [-0.15, -0.1) is 11.8 Å². The van der Waals surface area contributed by atoms with E-state index in [-0.39, 0.29) is 36.1 Å². The van der Waals surface area contributed by atoms with Crippen molar-refractivity contribution in [2.24, 2.45) is 5.92 Å². The third-order valence-corrected chi connectivity index (χ3v) is 12.5. The molecule has 2 aromatic carbocycles. The summed E-state index contributed by atoms with van der Waals surface area (Å²) in [6.45, 7) is 12.6. The number of nitrogens with one attached hydrogen (secondary N) is 2. The number of morpholine rings is 1. The quantitative estimate of drug-likeness (QED) is 0.150. The zero-order chi connectivity index (χ0) is 38.9. The average Bonchev–Trinajstić information content (AvgIpc) is 3.55. The van der Waals surface area contributed by atoms with Gasteiger partial charge in [-0.05, 0) is 103 Å². The van der Waals surface area contributed by atoms with Crippen LogP contribution >= 0.6 is 11.8 Å². The van der Waals surface area contributed by atoms with Crippen LogP contribution in [0.15, 0.2) is 70.5 Å². The van der Waals surface area contributed by atoms with Crippen LogP contribution in [-0.2, 0) is 17.7 Å². The van der Waals surface area contributed by atoms with Crippen molar-refractivity contribution in [1.29, 1.82) is 0 Å². The van der Waals surface area contributed by atoms with Gasteiger partial charge in [0, 0.05) is 89.7 Å². The molecule has 0 spiro atoms. The van der Waals surface area contributed by atoms with Gasteiger partial charge in [-0.2, -0.15) is 0 Å². The molecule has 55 heavy (non-hydrogen) atoms. The Kier molecular flexibility index (Phi) is 11.6. The first kappa shape index (κ1) is 38.9. The van der Waals surface area contributed by atoms with Crippen molar-refractivity contribution in [1.82, 2.24) is 20.2 Å². The number of nitrogens with zero attached hydrogens (tertiary/aromatic N) is 3. The third kappa shape index (κ3) is 8.44. The van der Waals surface area contributed by atoms with Crippen LogP contribution in [0.25, 0.3) is 11.1 Å². The van der Waals surface area contributed by atoms with E-state index in [2.05, 4.69) is 78.3 Å². The van der Waals surface area contributed by atoms with Crippen LogP contribution in [0, 0.1) is 19.8 Å². The van der Waals surface area contributed by atoms with E-state index < -0.39 is 5.79 Å². The molecule has 11 heteroatoms. The predicted octanol–water partition coefficient (Wildman–Crippen LogP) is 7.54. The summed E-state index contributed by atoms with van der Waals surface area (Å²) in [7, 11) is 2.24. The van der Waals surface area contributed by atoms with Crippen LogP contribution in [-0.4, -0.2) is 77.7 Å². The van der Waals surface area contributed by atoms with E-state index in [1.807, 2.05) is 50.6 Å². The van der Waals surface area contributed by atoms with Crippen LogP contribution in [0.1, 0.15) is 79.2 Å². The lowest BCUT2D eigenvalue weighted by Gasteiger charge is -2.40. The fraction of sp³-hybridized carbons (Fsp3) is 0.477. The fourth-order valence-electron chi connectivity index (χ4n) is 8.57. The molecule has 1 aliphatic carbocycles. The topological polar surface area (TPSA) is 109 Å². The summed E-state index contributed by atoms with van der Waals surface area (Å²) in [5, 5.41) is 3.03. The second-order valence-electron chi connectivity index (χ2n) is 15.8. The summed E-state index contributed by atoms with van der Waals surface area (Å²) < 4.78 is 19.8. The first-order valence-corrected chi connectivity index (χ1v) is 20.9. The largest absolute Gasteiger partial charge is 0.448 e. The van der Waals surface area contributed by atoms with E-state index in [1.54, 1.807) is 0 Å². The zero-order valence-corrected chi connectivity index (χ0v) is 34.1. The number of pyridine rings is 2. The number of anilines is 1. The molecule has 1 saturated heterocycles. The predicted molar refractivity (Wildman–Crippen MR) is 220 cm³/mol. The van der Waals surface area contributed by atoms with E-state index in [1.165, 1.54) is 17.3 Å². The van der Waals surface area contributed by atoms with Crippen molar-refractivity contribution in [2.75, 3.05) is 37.8 Å². The fourth-order valence-corrected chi connectivity index (χ4v) is 9.28. The SMILES string of the molecule is CSc1cc(C)[nH]c(=O)c1CNC(=O)c1cc(-c2ccc(N3C[C@@H](C)O[C@@H](C)C3)nc2)c2c(c1C)OC(C)([C@H]1CC[C@H](N(C)CCc3ccccc3)CC1)O2. The normalized spacial score (nSPS) is 23.6. The molecular formula is C44H55N5O5S. The number of carbonyl (C=O) groups is 1. The minimum atomic E-state index is -0.888. The summed E-state index contributed by atoms with van der Waals surface area (Å²) in [6.07, 6.45) is 9.13. The summed E-state index contributed by atoms with van der Waals surface area (Å²) in [5.41, 5.74) is 5.25. The maximum atomic E-state index is 14.1. The average molecular weight is 766 g/mol. The van der Waals surface area contributed by atoms with Gasteiger partial charge in [0.1, 0.15) is 5.82 Å². The Morgan fingerprint density at radius 3 is 2.40 bits per heavy atom. The Balaban J connectivity index is 1.14. The van der Waals surface area contributed by atoms with E-state index in [0.29, 0.717) is 34.2 Å². The first-order chi connectivity index (χ1) is 26.4. The molecule has 1 unspecified atom stereocenters. The van der Waals surface area contributed by atoms with Gasteiger partial charge < -0.3 is 34.3 Å². The molecule has 1 amide bonds. The molecule has 1 saturated carbocycles. The number of hydrogen-bond donors (Lipinski definition) is 2. The standard InChI is InChI=1S/C44H55N5O5S/c1-27-21-38(55-7)37(43(51)47-27)24-46-42(50)35-22-36(32-13-18-39(45-23-32)49-25-28(2)52-29(3)26-49)41-40(30(35)4)53-44(5,54-41)33-14-16-34(17-15-33)48(6)20-19-31-11-9-8-10-12-31/h8-13,18,21-23,28-29,33-34H,14-17,19-20,24-26H2,1-7H3,(H,46,50)(H,47,51)/t28-,29+,33-,34-,44?. The molecule has 4 aromatic rings. The van der Waals surface area contributed by atoms with Gasteiger partial charge in [0.05, 0.1) is 12.2 Å². The van der Waals surface area contributed by atoms with Gasteiger partial charge in [0.15, 0.2) is 11.5 Å². The van der Waals surface area contributed by atoms with Crippen molar-refractivity contribution >= 4 is 23.5 Å². The van der Waals surface area contributed by atoms with E-state index in [4.69, 9.17) is 19.2 Å². The number of hydrogen-bond acceptors (Lipinski definition) is 9. The summed E-state index contributed by atoms with van der Waals surface area (Å²) in [5.74, 6) is 1.11. The Labute approximate surface area is 329 Å². The number of amides is 1. The van der Waals surface area contributed by atoms with Gasteiger partial charge in [0.25, 0.3) is 17.3 Å². The molecule has 3 aliphatic rings. The molecule has 3 atom stereocenters. The van der Waals surface area contributed by atoms with Crippen LogP contribution in [0.3, 0.4) is 0 Å². The molecule has 2 fully saturated rings. The maximum absolute atomic E-state index is 14.1. The zero-order valence-electron chi connectivity index (χ0n) is 33.2. The molecule has 0 radical (unpaired) electrons. The first-order valence-electron chi connectivity index (χ1n) is 19.6. The molecule has 0 bridgehead atoms. The highest BCUT2D eigenvalue weighted by Gasteiger charge is 2.48. The highest BCUT2D eigenvalue weighted by molar-refractivity contribution is 7.98. The maximum Gasteiger partial charge on any atom is 0.254 e. The second kappa shape index (κ2) is 16.4. The van der Waals surface area contributed by atoms with Crippen LogP contribution in [0.2, 0.25) is 0 Å². The van der Waals surface area contributed by atoms with Crippen LogP contribution in [0.5, 0.6) is 11.5 Å². The van der Waals surface area contributed by atoms with E-state index in [0.717, 1.165) is 79.3 Å². The van der Waals surface area contributed by atoms with Gasteiger partial charge in [-0.3, -0.25) is 9.59 Å². The smallest absolute Gasteiger partial charge is 0.254 e. The monoisotopic (exact) mass is 765 g/mol. The highest BCUT2D eigenvalue weighted by atomic mass is 32.2. The summed E-state index contributed by atoms with van der Waals surface area (Å²) in [4.78, 5) is 40.3. The number of aromatic nitrogens is 2. The molecule has 4 heterocycles. The van der Waals surface area contributed by atoms with Gasteiger partial charge in [-0.1, -0.05) is 30.3 Å². The number of aromatic amines is 1. The number of rotatable bonds is 11. The Morgan fingerprint density at radius 1 is 1.02 bits per heavy atom. The molecule has 2 aromatic heterocycles. The number of thioether (sulfide) groups is 1. The minimum Gasteiger partial charge on any atom is -0.448 e. The lowest BCUT2D eigenvalue weighted by Crippen LogP contribution is -2.47. The number of H-pyrrole nitrogens is 1. The van der Waals surface area contributed by atoms with Crippen molar-refractivity contribution < 1.29 is 19.0 Å².